The molecule has 0 spiro atoms. The van der Waals surface area contributed by atoms with Gasteiger partial charge in [0.1, 0.15) is 6.33 Å². The van der Waals surface area contributed by atoms with E-state index < -0.39 is 5.97 Å². The third-order valence-corrected chi connectivity index (χ3v) is 6.43. The summed E-state index contributed by atoms with van der Waals surface area (Å²) in [6.07, 6.45) is 3.89. The smallest absolute Gasteiger partial charge is 0.335 e. The Hall–Kier alpha value is -4.76. The van der Waals surface area contributed by atoms with Crippen molar-refractivity contribution < 1.29 is 9.90 Å². The van der Waals surface area contributed by atoms with Crippen LogP contribution in [0.3, 0.4) is 0 Å². The Morgan fingerprint density at radius 3 is 2.47 bits per heavy atom. The molecule has 0 fully saturated rings. The summed E-state index contributed by atoms with van der Waals surface area (Å²) in [7, 11) is 0. The fourth-order valence-corrected chi connectivity index (χ4v) is 4.46. The van der Waals surface area contributed by atoms with E-state index in [-0.39, 0.29) is 17.2 Å². The van der Waals surface area contributed by atoms with Crippen molar-refractivity contribution in [1.29, 1.82) is 0 Å². The van der Waals surface area contributed by atoms with Crippen LogP contribution in [0.25, 0.3) is 16.8 Å². The van der Waals surface area contributed by atoms with Gasteiger partial charge in [-0.25, -0.2) is 4.79 Å². The van der Waals surface area contributed by atoms with E-state index in [1.807, 2.05) is 36.4 Å². The molecular formula is C28H23ClN6O3. The van der Waals surface area contributed by atoms with Crippen LogP contribution in [0.2, 0.25) is 5.02 Å². The second-order valence-electron chi connectivity index (χ2n) is 8.68. The van der Waals surface area contributed by atoms with E-state index in [0.29, 0.717) is 29.2 Å². The molecule has 0 saturated heterocycles. The van der Waals surface area contributed by atoms with Crippen molar-refractivity contribution in [2.75, 3.05) is 11.9 Å². The van der Waals surface area contributed by atoms with Crippen LogP contribution < -0.4 is 10.9 Å². The van der Waals surface area contributed by atoms with E-state index in [0.717, 1.165) is 16.8 Å². The van der Waals surface area contributed by atoms with Crippen LogP contribution in [-0.2, 0) is 6.42 Å². The number of hydrogen-bond donors (Lipinski definition) is 2. The highest BCUT2D eigenvalue weighted by Gasteiger charge is 2.16. The number of tetrazole rings is 1. The number of nitrogens with zero attached hydrogens (tertiary/aromatic N) is 5. The van der Waals surface area contributed by atoms with Crippen LogP contribution >= 0.6 is 11.6 Å². The largest absolute Gasteiger partial charge is 0.478 e. The number of hydrogen-bond acceptors (Lipinski definition) is 6. The molecule has 0 radical (unpaired) electrons. The van der Waals surface area contributed by atoms with Crippen molar-refractivity contribution in [1.82, 2.24) is 24.8 Å². The number of aromatic nitrogens is 5. The number of benzene rings is 3. The highest BCUT2D eigenvalue weighted by atomic mass is 35.5. The summed E-state index contributed by atoms with van der Waals surface area (Å²) in [6.45, 7) is 0.452. The molecule has 0 aliphatic rings. The van der Waals surface area contributed by atoms with Gasteiger partial charge < -0.3 is 15.0 Å². The lowest BCUT2D eigenvalue weighted by molar-refractivity contribution is 0.0697. The Kier molecular flexibility index (Phi) is 7.28. The van der Waals surface area contributed by atoms with Gasteiger partial charge in [0.2, 0.25) is 0 Å². The molecule has 190 valence electrons. The van der Waals surface area contributed by atoms with E-state index in [1.54, 1.807) is 59.3 Å². The number of carboxylic acid groups (broad SMARTS) is 1. The number of pyridine rings is 1. The van der Waals surface area contributed by atoms with E-state index in [4.69, 9.17) is 16.7 Å². The van der Waals surface area contributed by atoms with Crippen LogP contribution in [0.15, 0.2) is 102 Å². The summed E-state index contributed by atoms with van der Waals surface area (Å²) in [5.74, 6) is -0.979. The van der Waals surface area contributed by atoms with Gasteiger partial charge in [-0.05, 0) is 76.5 Å². The van der Waals surface area contributed by atoms with Crippen molar-refractivity contribution in [3.05, 3.63) is 124 Å². The molecule has 0 saturated carbocycles. The van der Waals surface area contributed by atoms with Gasteiger partial charge in [-0.2, -0.15) is 4.68 Å². The number of nitrogens with one attached hydrogen (secondary N) is 1. The van der Waals surface area contributed by atoms with Gasteiger partial charge in [-0.1, -0.05) is 41.9 Å². The van der Waals surface area contributed by atoms with Crippen LogP contribution in [0.5, 0.6) is 0 Å². The van der Waals surface area contributed by atoms with Crippen LogP contribution in [-0.4, -0.2) is 42.4 Å². The third kappa shape index (κ3) is 5.63. The average Bonchev–Trinajstić information content (AvgIpc) is 3.47. The summed E-state index contributed by atoms with van der Waals surface area (Å²) in [4.78, 5) is 24.6. The Labute approximate surface area is 223 Å². The highest BCUT2D eigenvalue weighted by molar-refractivity contribution is 6.31. The predicted molar refractivity (Wildman–Crippen MR) is 145 cm³/mol. The van der Waals surface area contributed by atoms with E-state index in [9.17, 15) is 9.59 Å². The summed E-state index contributed by atoms with van der Waals surface area (Å²) in [5, 5.41) is 24.4. The molecule has 2 N–H and O–H groups in total. The molecule has 0 bridgehead atoms. The summed E-state index contributed by atoms with van der Waals surface area (Å²) >= 11 is 6.28. The molecule has 5 rings (SSSR count). The first-order valence-electron chi connectivity index (χ1n) is 11.8. The number of anilines is 1. The zero-order valence-corrected chi connectivity index (χ0v) is 20.9. The molecule has 3 aromatic carbocycles. The first kappa shape index (κ1) is 24.9. The van der Waals surface area contributed by atoms with Crippen molar-refractivity contribution >= 4 is 23.3 Å². The molecule has 0 amide bonds. The number of carboxylic acids is 1. The van der Waals surface area contributed by atoms with Crippen LogP contribution in [0.4, 0.5) is 5.69 Å². The SMILES string of the molecule is O=C(O)c1ccc(NCC(Cc2ccccc2)n2ccc(-c3cc(Cl)ccc3-n3cnnn3)cc2=O)cc1. The van der Waals surface area contributed by atoms with Gasteiger partial charge in [-0.3, -0.25) is 4.79 Å². The molecule has 5 aromatic rings. The molecule has 0 aliphatic carbocycles. The van der Waals surface area contributed by atoms with Crippen LogP contribution in [0, 0.1) is 0 Å². The summed E-state index contributed by atoms with van der Waals surface area (Å²) in [5.41, 5.74) is 4.01. The van der Waals surface area contributed by atoms with Crippen LogP contribution in [0.1, 0.15) is 22.0 Å². The highest BCUT2D eigenvalue weighted by Crippen LogP contribution is 2.29. The predicted octanol–water partition coefficient (Wildman–Crippen LogP) is 4.74. The van der Waals surface area contributed by atoms with Crippen molar-refractivity contribution in [2.24, 2.45) is 0 Å². The Bertz CT molecular complexity index is 1600. The summed E-state index contributed by atoms with van der Waals surface area (Å²) < 4.78 is 3.23. The van der Waals surface area contributed by atoms with Gasteiger partial charge >= 0.3 is 5.97 Å². The van der Waals surface area contributed by atoms with E-state index >= 15 is 0 Å². The zero-order valence-electron chi connectivity index (χ0n) is 20.1. The zero-order chi connectivity index (χ0) is 26.5. The fourth-order valence-electron chi connectivity index (χ4n) is 4.29. The fraction of sp³-hybridized carbons (Fsp3) is 0.107. The number of carbonyl (C=O) groups is 1. The minimum Gasteiger partial charge on any atom is -0.478 e. The Balaban J connectivity index is 1.46. The maximum atomic E-state index is 13.4. The molecule has 38 heavy (non-hydrogen) atoms. The maximum Gasteiger partial charge on any atom is 0.335 e. The molecule has 9 nitrogen and oxygen atoms in total. The van der Waals surface area contributed by atoms with E-state index in [1.165, 1.54) is 11.0 Å². The lowest BCUT2D eigenvalue weighted by Gasteiger charge is -2.22. The quantitative estimate of drug-likeness (QED) is 0.285. The molecule has 1 unspecified atom stereocenters. The van der Waals surface area contributed by atoms with Crippen molar-refractivity contribution in [3.63, 3.8) is 0 Å². The van der Waals surface area contributed by atoms with Gasteiger partial charge in [0.25, 0.3) is 5.56 Å². The monoisotopic (exact) mass is 526 g/mol. The van der Waals surface area contributed by atoms with E-state index in [2.05, 4.69) is 20.8 Å². The lowest BCUT2D eigenvalue weighted by atomic mass is 10.0. The van der Waals surface area contributed by atoms with Gasteiger partial charge in [0.15, 0.2) is 0 Å². The first-order chi connectivity index (χ1) is 18.5. The standard InChI is InChI=1S/C28H23ClN6O3/c29-22-8-11-26(35-18-31-32-33-35)25(16-22)21-12-13-34(27(36)15-21)24(14-19-4-2-1-3-5-19)17-30-23-9-6-20(7-10-23)28(37)38/h1-13,15-16,18,24,30H,14,17H2,(H,37,38). The Morgan fingerprint density at radius 2 is 1.79 bits per heavy atom. The second kappa shape index (κ2) is 11.1. The normalized spacial score (nSPS) is 11.7. The molecule has 1 atom stereocenters. The van der Waals surface area contributed by atoms with Gasteiger partial charge in [-0.15, -0.1) is 5.10 Å². The molecular weight excluding hydrogens is 504 g/mol. The molecule has 2 heterocycles. The minimum atomic E-state index is -0.979. The average molecular weight is 527 g/mol. The maximum absolute atomic E-state index is 13.4. The lowest BCUT2D eigenvalue weighted by Crippen LogP contribution is -2.30. The van der Waals surface area contributed by atoms with Gasteiger partial charge in [0, 0.05) is 35.1 Å². The second-order valence-corrected chi connectivity index (χ2v) is 9.12. The van der Waals surface area contributed by atoms with Crippen molar-refractivity contribution in [3.8, 4) is 16.8 Å². The Morgan fingerprint density at radius 1 is 1.00 bits per heavy atom. The topological polar surface area (TPSA) is 115 Å². The number of aromatic carboxylic acids is 1. The molecule has 10 heteroatoms. The van der Waals surface area contributed by atoms with Crippen molar-refractivity contribution in [2.45, 2.75) is 12.5 Å². The number of halogens is 1. The third-order valence-electron chi connectivity index (χ3n) is 6.19. The molecule has 2 aromatic heterocycles. The number of rotatable bonds is 9. The van der Waals surface area contributed by atoms with Gasteiger partial charge in [0.05, 0.1) is 17.3 Å². The summed E-state index contributed by atoms with van der Waals surface area (Å²) in [6, 6.07) is 25.0. The minimum absolute atomic E-state index is 0.172. The first-order valence-corrected chi connectivity index (χ1v) is 12.2. The molecule has 0 aliphatic heterocycles.